The molecule has 0 fully saturated rings. The third kappa shape index (κ3) is 8.45. The van der Waals surface area contributed by atoms with Gasteiger partial charge in [0.05, 0.1) is 17.2 Å². The van der Waals surface area contributed by atoms with Gasteiger partial charge in [-0.1, -0.05) is 24.3 Å². The van der Waals surface area contributed by atoms with Crippen molar-refractivity contribution in [2.45, 2.75) is 53.2 Å². The maximum atomic E-state index is 4.79. The zero-order valence-corrected chi connectivity index (χ0v) is 20.8. The van der Waals surface area contributed by atoms with Crippen LogP contribution >= 0.6 is 35.3 Å². The lowest BCUT2D eigenvalue weighted by atomic mass is 10.1. The van der Waals surface area contributed by atoms with E-state index in [0.717, 1.165) is 42.7 Å². The zero-order valence-electron chi connectivity index (χ0n) is 17.7. The van der Waals surface area contributed by atoms with E-state index >= 15 is 0 Å². The molecule has 156 valence electrons. The molecule has 0 aliphatic carbocycles. The number of thiazole rings is 1. The minimum absolute atomic E-state index is 0. The minimum atomic E-state index is 0. The van der Waals surface area contributed by atoms with Gasteiger partial charge in [-0.05, 0) is 45.9 Å². The number of nitrogens with one attached hydrogen (secondary N) is 2. The van der Waals surface area contributed by atoms with Crippen LogP contribution in [0.2, 0.25) is 0 Å². The average Bonchev–Trinajstić information content (AvgIpc) is 3.05. The van der Waals surface area contributed by atoms with Gasteiger partial charge < -0.3 is 10.6 Å². The van der Waals surface area contributed by atoms with E-state index < -0.39 is 0 Å². The van der Waals surface area contributed by atoms with Crippen LogP contribution in [-0.2, 0) is 19.5 Å². The van der Waals surface area contributed by atoms with Gasteiger partial charge in [-0.3, -0.25) is 4.90 Å². The van der Waals surface area contributed by atoms with Crippen LogP contribution in [-0.4, -0.2) is 42.0 Å². The molecule has 0 saturated heterocycles. The Bertz CT molecular complexity index is 729. The van der Waals surface area contributed by atoms with E-state index in [4.69, 9.17) is 4.99 Å². The highest BCUT2D eigenvalue weighted by Crippen LogP contribution is 2.13. The summed E-state index contributed by atoms with van der Waals surface area (Å²) in [7, 11) is 2.16. The summed E-state index contributed by atoms with van der Waals surface area (Å²) < 4.78 is 0. The molecule has 0 bridgehead atoms. The molecule has 2 rings (SSSR count). The van der Waals surface area contributed by atoms with Gasteiger partial charge >= 0.3 is 0 Å². The van der Waals surface area contributed by atoms with E-state index in [-0.39, 0.29) is 24.0 Å². The number of nitrogens with zero attached hydrogens (tertiary/aromatic N) is 3. The fourth-order valence-electron chi connectivity index (χ4n) is 2.66. The number of hydrogen-bond donors (Lipinski definition) is 2. The maximum absolute atomic E-state index is 4.79. The molecule has 0 saturated carbocycles. The first-order chi connectivity index (χ1) is 13.0. The first-order valence-corrected chi connectivity index (χ1v) is 10.6. The van der Waals surface area contributed by atoms with Gasteiger partial charge in [-0.15, -0.1) is 35.3 Å². The van der Waals surface area contributed by atoms with E-state index in [0.29, 0.717) is 12.6 Å². The van der Waals surface area contributed by atoms with Crippen LogP contribution in [0.25, 0.3) is 0 Å². The summed E-state index contributed by atoms with van der Waals surface area (Å²) in [4.78, 5) is 11.7. The van der Waals surface area contributed by atoms with Gasteiger partial charge in [0, 0.05) is 37.5 Å². The van der Waals surface area contributed by atoms with Crippen molar-refractivity contribution < 1.29 is 0 Å². The smallest absolute Gasteiger partial charge is 0.191 e. The molecule has 1 heterocycles. The summed E-state index contributed by atoms with van der Waals surface area (Å²) in [6.07, 6.45) is 0.907. The van der Waals surface area contributed by atoms with Crippen molar-refractivity contribution in [2.24, 2.45) is 4.99 Å². The van der Waals surface area contributed by atoms with Crippen LogP contribution in [0.3, 0.4) is 0 Å². The summed E-state index contributed by atoms with van der Waals surface area (Å²) >= 11 is 1.70. The third-order valence-corrected chi connectivity index (χ3v) is 5.33. The summed E-state index contributed by atoms with van der Waals surface area (Å²) in [5.41, 5.74) is 3.76. The topological polar surface area (TPSA) is 52.6 Å². The Hall–Kier alpha value is -1.19. The van der Waals surface area contributed by atoms with E-state index in [2.05, 4.69) is 78.0 Å². The number of benzene rings is 1. The molecular formula is C21H34IN5S. The summed E-state index contributed by atoms with van der Waals surface area (Å²) in [6, 6.07) is 9.10. The second-order valence-corrected chi connectivity index (χ2v) is 8.07. The van der Waals surface area contributed by atoms with Crippen LogP contribution in [0.1, 0.15) is 42.6 Å². The molecule has 5 nitrogen and oxygen atoms in total. The number of aliphatic imine (C=N–C) groups is 1. The molecular weight excluding hydrogens is 481 g/mol. The first-order valence-electron chi connectivity index (χ1n) is 9.69. The summed E-state index contributed by atoms with van der Waals surface area (Å²) in [6.45, 7) is 11.9. The number of rotatable bonds is 9. The molecule has 2 aromatic rings. The van der Waals surface area contributed by atoms with E-state index in [1.54, 1.807) is 11.3 Å². The Kier molecular flexibility index (Phi) is 11.6. The largest absolute Gasteiger partial charge is 0.357 e. The van der Waals surface area contributed by atoms with E-state index in [1.165, 1.54) is 11.1 Å². The zero-order chi connectivity index (χ0) is 19.6. The summed E-state index contributed by atoms with van der Waals surface area (Å²) in [5.74, 6) is 0.858. The molecule has 1 aromatic heterocycles. The van der Waals surface area contributed by atoms with Crippen LogP contribution in [0.4, 0.5) is 0 Å². The van der Waals surface area contributed by atoms with Crippen LogP contribution in [0, 0.1) is 6.92 Å². The highest BCUT2D eigenvalue weighted by molar-refractivity contribution is 14.0. The fourth-order valence-corrected chi connectivity index (χ4v) is 3.30. The molecule has 28 heavy (non-hydrogen) atoms. The van der Waals surface area contributed by atoms with Gasteiger partial charge in [0.15, 0.2) is 5.96 Å². The van der Waals surface area contributed by atoms with Crippen molar-refractivity contribution in [3.63, 3.8) is 0 Å². The van der Waals surface area contributed by atoms with Gasteiger partial charge in [-0.2, -0.15) is 0 Å². The van der Waals surface area contributed by atoms with Gasteiger partial charge in [0.25, 0.3) is 0 Å². The fraction of sp³-hybridized carbons (Fsp3) is 0.524. The van der Waals surface area contributed by atoms with Crippen molar-refractivity contribution in [3.05, 3.63) is 51.5 Å². The number of guanidine groups is 1. The number of halogens is 1. The molecule has 0 atom stereocenters. The second kappa shape index (κ2) is 13.1. The molecule has 0 amide bonds. The number of aromatic nitrogens is 1. The van der Waals surface area contributed by atoms with Gasteiger partial charge in [0.2, 0.25) is 0 Å². The Balaban J connectivity index is 0.00000392. The lowest BCUT2D eigenvalue weighted by Gasteiger charge is -2.22. The highest BCUT2D eigenvalue weighted by atomic mass is 127. The normalized spacial score (nSPS) is 11.6. The van der Waals surface area contributed by atoms with Crippen molar-refractivity contribution in [1.29, 1.82) is 0 Å². The van der Waals surface area contributed by atoms with Crippen molar-refractivity contribution in [2.75, 3.05) is 20.1 Å². The Morgan fingerprint density at radius 1 is 1.21 bits per heavy atom. The maximum Gasteiger partial charge on any atom is 0.191 e. The van der Waals surface area contributed by atoms with E-state index in [9.17, 15) is 0 Å². The predicted molar refractivity (Wildman–Crippen MR) is 132 cm³/mol. The van der Waals surface area contributed by atoms with Crippen LogP contribution in [0.15, 0.2) is 34.6 Å². The standard InChI is InChI=1S/C21H33N5S.HI/c1-6-22-21(23-12-11-20-15-27-17(4)25-20)24-13-18-9-7-8-10-19(18)14-26(5)16(2)3;/h7-10,15-16H,6,11-14H2,1-5H3,(H2,22,23,24);1H. The lowest BCUT2D eigenvalue weighted by molar-refractivity contribution is 0.265. The number of hydrogen-bond acceptors (Lipinski definition) is 4. The second-order valence-electron chi connectivity index (χ2n) is 7.01. The summed E-state index contributed by atoms with van der Waals surface area (Å²) in [5, 5.41) is 10.0. The highest BCUT2D eigenvalue weighted by Gasteiger charge is 2.08. The molecule has 7 heteroatoms. The Labute approximate surface area is 191 Å². The monoisotopic (exact) mass is 515 g/mol. The number of aryl methyl sites for hydroxylation is 1. The Morgan fingerprint density at radius 3 is 2.54 bits per heavy atom. The molecule has 0 radical (unpaired) electrons. The van der Waals surface area contributed by atoms with Crippen molar-refractivity contribution in [3.8, 4) is 0 Å². The predicted octanol–water partition coefficient (Wildman–Crippen LogP) is 4.21. The molecule has 0 spiro atoms. The molecule has 0 aliphatic heterocycles. The minimum Gasteiger partial charge on any atom is -0.357 e. The van der Waals surface area contributed by atoms with Crippen molar-refractivity contribution in [1.82, 2.24) is 20.5 Å². The van der Waals surface area contributed by atoms with Crippen molar-refractivity contribution >= 4 is 41.3 Å². The van der Waals surface area contributed by atoms with Crippen LogP contribution < -0.4 is 10.6 Å². The molecule has 0 unspecified atom stereocenters. The average molecular weight is 516 g/mol. The third-order valence-electron chi connectivity index (χ3n) is 4.51. The molecule has 1 aromatic carbocycles. The Morgan fingerprint density at radius 2 is 1.93 bits per heavy atom. The van der Waals surface area contributed by atoms with E-state index in [1.807, 2.05) is 6.92 Å². The first kappa shape index (κ1) is 24.8. The lowest BCUT2D eigenvalue weighted by Crippen LogP contribution is -2.38. The molecule has 0 aliphatic rings. The molecule has 2 N–H and O–H groups in total. The SMILES string of the molecule is CCNC(=NCc1ccccc1CN(C)C(C)C)NCCc1csc(C)n1.I. The van der Waals surface area contributed by atoms with Crippen LogP contribution in [0.5, 0.6) is 0 Å². The van der Waals surface area contributed by atoms with Gasteiger partial charge in [-0.25, -0.2) is 9.98 Å². The van der Waals surface area contributed by atoms with Gasteiger partial charge in [0.1, 0.15) is 0 Å². The quantitative estimate of drug-likeness (QED) is 0.299.